The second-order valence-electron chi connectivity index (χ2n) is 6.26. The molecule has 3 heteroatoms. The summed E-state index contributed by atoms with van der Waals surface area (Å²) in [5.41, 5.74) is 1.55. The summed E-state index contributed by atoms with van der Waals surface area (Å²) in [5, 5.41) is 9.88. The minimum absolute atomic E-state index is 0.0694. The second kappa shape index (κ2) is 6.89. The van der Waals surface area contributed by atoms with Crippen molar-refractivity contribution in [2.75, 3.05) is 13.1 Å². The number of hydrogen-bond donors (Lipinski definition) is 1. The predicted molar refractivity (Wildman–Crippen MR) is 82.6 cm³/mol. The van der Waals surface area contributed by atoms with E-state index in [2.05, 4.69) is 31.2 Å². The highest BCUT2D eigenvalue weighted by Crippen LogP contribution is 2.14. The van der Waals surface area contributed by atoms with Gasteiger partial charge in [-0.2, -0.15) is 0 Å². The van der Waals surface area contributed by atoms with E-state index < -0.39 is 5.60 Å². The molecule has 112 valence electrons. The van der Waals surface area contributed by atoms with E-state index in [1.54, 1.807) is 18.7 Å². The molecule has 1 atom stereocenters. The smallest absolute Gasteiger partial charge is 0.225 e. The maximum atomic E-state index is 12.4. The minimum atomic E-state index is -0.852. The molecule has 1 aromatic carbocycles. The summed E-state index contributed by atoms with van der Waals surface area (Å²) >= 11 is 0. The van der Waals surface area contributed by atoms with Gasteiger partial charge in [0, 0.05) is 19.0 Å². The number of amides is 1. The van der Waals surface area contributed by atoms with E-state index in [1.807, 2.05) is 13.8 Å². The van der Waals surface area contributed by atoms with E-state index >= 15 is 0 Å². The molecule has 0 saturated heterocycles. The van der Waals surface area contributed by atoms with Crippen molar-refractivity contribution in [1.82, 2.24) is 4.90 Å². The van der Waals surface area contributed by atoms with Gasteiger partial charge >= 0.3 is 0 Å². The maximum Gasteiger partial charge on any atom is 0.225 e. The van der Waals surface area contributed by atoms with E-state index in [0.717, 1.165) is 6.42 Å². The molecule has 0 aliphatic rings. The Morgan fingerprint density at radius 1 is 1.30 bits per heavy atom. The van der Waals surface area contributed by atoms with Crippen LogP contribution in [0, 0.1) is 12.8 Å². The highest BCUT2D eigenvalue weighted by Gasteiger charge is 2.24. The van der Waals surface area contributed by atoms with Crippen molar-refractivity contribution in [2.45, 2.75) is 46.6 Å². The predicted octanol–water partition coefficient (Wildman–Crippen LogP) is 2.79. The SMILES string of the molecule is CCN(CC(C)(C)O)C(=O)C(C)Cc1ccc(C)cc1. The van der Waals surface area contributed by atoms with Crippen LogP contribution in [0.1, 0.15) is 38.8 Å². The Hall–Kier alpha value is -1.35. The van der Waals surface area contributed by atoms with Crippen LogP contribution >= 0.6 is 0 Å². The van der Waals surface area contributed by atoms with E-state index in [0.29, 0.717) is 13.1 Å². The quantitative estimate of drug-likeness (QED) is 0.868. The third-order valence-corrected chi connectivity index (χ3v) is 3.36. The van der Waals surface area contributed by atoms with Gasteiger partial charge in [-0.15, -0.1) is 0 Å². The van der Waals surface area contributed by atoms with Crippen LogP contribution < -0.4 is 0 Å². The minimum Gasteiger partial charge on any atom is -0.389 e. The average Bonchev–Trinajstić information content (AvgIpc) is 2.36. The van der Waals surface area contributed by atoms with Crippen LogP contribution in [0.3, 0.4) is 0 Å². The second-order valence-corrected chi connectivity index (χ2v) is 6.26. The lowest BCUT2D eigenvalue weighted by Gasteiger charge is -2.30. The van der Waals surface area contributed by atoms with Gasteiger partial charge < -0.3 is 10.0 Å². The van der Waals surface area contributed by atoms with Crippen molar-refractivity contribution in [3.8, 4) is 0 Å². The number of hydrogen-bond acceptors (Lipinski definition) is 2. The van der Waals surface area contributed by atoms with Gasteiger partial charge in [0.25, 0.3) is 0 Å². The van der Waals surface area contributed by atoms with Crippen molar-refractivity contribution in [2.24, 2.45) is 5.92 Å². The molecule has 1 N–H and O–H groups in total. The third kappa shape index (κ3) is 5.33. The first-order valence-electron chi connectivity index (χ1n) is 7.29. The highest BCUT2D eigenvalue weighted by atomic mass is 16.3. The average molecular weight is 277 g/mol. The molecule has 0 bridgehead atoms. The van der Waals surface area contributed by atoms with Crippen LogP contribution in [-0.4, -0.2) is 34.6 Å². The molecule has 0 aliphatic heterocycles. The van der Waals surface area contributed by atoms with Gasteiger partial charge in [-0.3, -0.25) is 4.79 Å². The Morgan fingerprint density at radius 3 is 2.30 bits per heavy atom. The van der Waals surface area contributed by atoms with Crippen LogP contribution in [0.15, 0.2) is 24.3 Å². The van der Waals surface area contributed by atoms with Crippen molar-refractivity contribution in [1.29, 1.82) is 0 Å². The van der Waals surface area contributed by atoms with Crippen LogP contribution in [0.4, 0.5) is 0 Å². The number of nitrogens with zero attached hydrogens (tertiary/aromatic N) is 1. The van der Waals surface area contributed by atoms with E-state index in [4.69, 9.17) is 0 Å². The van der Waals surface area contributed by atoms with Crippen LogP contribution in [0.2, 0.25) is 0 Å². The van der Waals surface area contributed by atoms with E-state index in [1.165, 1.54) is 11.1 Å². The Labute approximate surface area is 122 Å². The molecule has 1 aromatic rings. The number of likely N-dealkylation sites (N-methyl/N-ethyl adjacent to an activating group) is 1. The summed E-state index contributed by atoms with van der Waals surface area (Å²) < 4.78 is 0. The van der Waals surface area contributed by atoms with Crippen LogP contribution in [0.5, 0.6) is 0 Å². The van der Waals surface area contributed by atoms with Crippen molar-refractivity contribution in [3.63, 3.8) is 0 Å². The molecule has 0 heterocycles. The van der Waals surface area contributed by atoms with Gasteiger partial charge in [-0.05, 0) is 39.7 Å². The van der Waals surface area contributed by atoms with Gasteiger partial charge in [0.2, 0.25) is 5.91 Å². The number of aliphatic hydroxyl groups is 1. The van der Waals surface area contributed by atoms with Gasteiger partial charge in [0.05, 0.1) is 5.60 Å². The Bertz CT molecular complexity index is 431. The Kier molecular flexibility index (Phi) is 5.75. The van der Waals surface area contributed by atoms with E-state index in [9.17, 15) is 9.90 Å². The van der Waals surface area contributed by atoms with Crippen molar-refractivity contribution in [3.05, 3.63) is 35.4 Å². The van der Waals surface area contributed by atoms with E-state index in [-0.39, 0.29) is 11.8 Å². The fraction of sp³-hybridized carbons (Fsp3) is 0.588. The first-order valence-corrected chi connectivity index (χ1v) is 7.29. The summed E-state index contributed by atoms with van der Waals surface area (Å²) in [6, 6.07) is 8.29. The molecule has 0 aromatic heterocycles. The van der Waals surface area contributed by atoms with Crippen LogP contribution in [0.25, 0.3) is 0 Å². The topological polar surface area (TPSA) is 40.5 Å². The molecule has 1 rings (SSSR count). The third-order valence-electron chi connectivity index (χ3n) is 3.36. The molecular weight excluding hydrogens is 250 g/mol. The lowest BCUT2D eigenvalue weighted by Crippen LogP contribution is -2.44. The fourth-order valence-corrected chi connectivity index (χ4v) is 2.29. The Balaban J connectivity index is 2.67. The fourth-order valence-electron chi connectivity index (χ4n) is 2.29. The summed E-state index contributed by atoms with van der Waals surface area (Å²) in [7, 11) is 0. The molecule has 0 radical (unpaired) electrons. The normalized spacial score (nSPS) is 13.1. The summed E-state index contributed by atoms with van der Waals surface area (Å²) in [5.74, 6) is 0.0372. The lowest BCUT2D eigenvalue weighted by atomic mass is 9.98. The summed E-state index contributed by atoms with van der Waals surface area (Å²) in [6.07, 6.45) is 0.738. The number of benzene rings is 1. The molecule has 0 fully saturated rings. The van der Waals surface area contributed by atoms with Gasteiger partial charge in [0.1, 0.15) is 0 Å². The Morgan fingerprint density at radius 2 is 1.85 bits per heavy atom. The zero-order chi connectivity index (χ0) is 15.3. The molecule has 3 nitrogen and oxygen atoms in total. The lowest BCUT2D eigenvalue weighted by molar-refractivity contribution is -0.137. The van der Waals surface area contributed by atoms with Gasteiger partial charge in [-0.1, -0.05) is 36.8 Å². The standard InChI is InChI=1S/C17H27NO2/c1-6-18(12-17(4,5)20)16(19)14(3)11-15-9-7-13(2)8-10-15/h7-10,14,20H,6,11-12H2,1-5H3. The van der Waals surface area contributed by atoms with Gasteiger partial charge in [0.15, 0.2) is 0 Å². The summed E-state index contributed by atoms with van der Waals surface area (Å²) in [6.45, 7) is 10.4. The number of carbonyl (C=O) groups is 1. The first-order chi connectivity index (χ1) is 9.23. The number of carbonyl (C=O) groups excluding carboxylic acids is 1. The summed E-state index contributed by atoms with van der Waals surface area (Å²) in [4.78, 5) is 14.2. The number of aryl methyl sites for hydroxylation is 1. The molecule has 0 saturated carbocycles. The van der Waals surface area contributed by atoms with Crippen molar-refractivity contribution < 1.29 is 9.90 Å². The van der Waals surface area contributed by atoms with Crippen molar-refractivity contribution >= 4 is 5.91 Å². The molecular formula is C17H27NO2. The number of rotatable bonds is 6. The molecule has 1 unspecified atom stereocenters. The molecule has 0 spiro atoms. The zero-order valence-electron chi connectivity index (χ0n) is 13.3. The zero-order valence-corrected chi connectivity index (χ0v) is 13.3. The maximum absolute atomic E-state index is 12.4. The molecule has 0 aliphatic carbocycles. The molecule has 1 amide bonds. The van der Waals surface area contributed by atoms with Gasteiger partial charge in [-0.25, -0.2) is 0 Å². The largest absolute Gasteiger partial charge is 0.389 e. The van der Waals surface area contributed by atoms with Crippen LogP contribution in [-0.2, 0) is 11.2 Å². The highest BCUT2D eigenvalue weighted by molar-refractivity contribution is 5.78. The first kappa shape index (κ1) is 16.7. The monoisotopic (exact) mass is 277 g/mol. The molecule has 20 heavy (non-hydrogen) atoms.